The van der Waals surface area contributed by atoms with E-state index in [4.69, 9.17) is 4.74 Å². The van der Waals surface area contributed by atoms with E-state index in [9.17, 15) is 4.79 Å². The molecule has 0 aliphatic carbocycles. The highest BCUT2D eigenvalue weighted by atomic mass is 32.2. The second kappa shape index (κ2) is 9.13. The number of thioether (sulfide) groups is 1. The second-order valence-corrected chi connectivity index (χ2v) is 6.66. The van der Waals surface area contributed by atoms with Crippen molar-refractivity contribution in [3.8, 4) is 17.1 Å². The third-order valence-corrected chi connectivity index (χ3v) is 4.70. The fourth-order valence-corrected chi connectivity index (χ4v) is 3.05. The summed E-state index contributed by atoms with van der Waals surface area (Å²) in [7, 11) is 1.89. The van der Waals surface area contributed by atoms with Crippen molar-refractivity contribution in [2.24, 2.45) is 7.05 Å². The van der Waals surface area contributed by atoms with E-state index < -0.39 is 0 Å². The molecule has 0 saturated carbocycles. The summed E-state index contributed by atoms with van der Waals surface area (Å²) in [6.45, 7) is 2.99. The number of aromatic nitrogens is 5. The van der Waals surface area contributed by atoms with Crippen LogP contribution >= 0.6 is 11.8 Å². The molecule has 2 aromatic heterocycles. The molecular weight excluding hydrogens is 364 g/mol. The molecule has 1 aromatic carbocycles. The molecule has 0 aliphatic heterocycles. The lowest BCUT2D eigenvalue weighted by atomic mass is 10.1. The number of benzene rings is 1. The van der Waals surface area contributed by atoms with E-state index in [1.54, 1.807) is 36.3 Å². The van der Waals surface area contributed by atoms with Crippen LogP contribution in [0.2, 0.25) is 0 Å². The fraction of sp³-hybridized carbons (Fsp3) is 0.278. The smallest absolute Gasteiger partial charge is 0.251 e. The number of carbonyl (C=O) groups is 1. The van der Waals surface area contributed by atoms with Gasteiger partial charge in [0, 0.05) is 36.5 Å². The summed E-state index contributed by atoms with van der Waals surface area (Å²) in [6, 6.07) is 10.9. The third kappa shape index (κ3) is 5.04. The minimum Gasteiger partial charge on any atom is -0.477 e. The number of nitrogens with one attached hydrogen (secondary N) is 1. The zero-order chi connectivity index (χ0) is 19.1. The molecule has 1 amide bonds. The molecule has 0 unspecified atom stereocenters. The SMILES string of the molecule is CCOc1ccc(-c2ccc(C(=O)NCCSc3nncn3C)cc2)nn1. The van der Waals surface area contributed by atoms with Crippen LogP contribution < -0.4 is 10.1 Å². The van der Waals surface area contributed by atoms with E-state index in [1.807, 2.05) is 36.7 Å². The molecule has 3 rings (SSSR count). The van der Waals surface area contributed by atoms with Gasteiger partial charge in [0.05, 0.1) is 12.3 Å². The van der Waals surface area contributed by atoms with Crippen LogP contribution in [0.1, 0.15) is 17.3 Å². The molecule has 0 bridgehead atoms. The molecule has 9 heteroatoms. The number of hydrogen-bond donors (Lipinski definition) is 1. The molecule has 27 heavy (non-hydrogen) atoms. The van der Waals surface area contributed by atoms with Crippen molar-refractivity contribution in [1.82, 2.24) is 30.3 Å². The van der Waals surface area contributed by atoms with Crippen molar-refractivity contribution in [1.29, 1.82) is 0 Å². The van der Waals surface area contributed by atoms with Gasteiger partial charge in [-0.1, -0.05) is 23.9 Å². The number of amides is 1. The Bertz CT molecular complexity index is 880. The Morgan fingerprint density at radius 3 is 2.59 bits per heavy atom. The largest absolute Gasteiger partial charge is 0.477 e. The van der Waals surface area contributed by atoms with Gasteiger partial charge in [0.25, 0.3) is 5.91 Å². The normalized spacial score (nSPS) is 10.6. The van der Waals surface area contributed by atoms with Gasteiger partial charge in [-0.3, -0.25) is 4.79 Å². The molecule has 8 nitrogen and oxygen atoms in total. The van der Waals surface area contributed by atoms with Crippen molar-refractivity contribution < 1.29 is 9.53 Å². The standard InChI is InChI=1S/C18H20N6O2S/c1-3-26-16-9-8-15(21-22-16)13-4-6-14(7-5-13)17(25)19-10-11-27-18-23-20-12-24(18)2/h4-9,12H,3,10-11H2,1-2H3,(H,19,25). The van der Waals surface area contributed by atoms with Crippen LogP contribution in [0.15, 0.2) is 47.9 Å². The second-order valence-electron chi connectivity index (χ2n) is 5.60. The van der Waals surface area contributed by atoms with Crippen LogP contribution in [-0.4, -0.2) is 49.8 Å². The molecule has 3 aromatic rings. The first-order valence-corrected chi connectivity index (χ1v) is 9.48. The monoisotopic (exact) mass is 384 g/mol. The van der Waals surface area contributed by atoms with Gasteiger partial charge < -0.3 is 14.6 Å². The Hall–Kier alpha value is -2.94. The average molecular weight is 384 g/mol. The number of nitrogens with zero attached hydrogens (tertiary/aromatic N) is 5. The van der Waals surface area contributed by atoms with E-state index in [1.165, 1.54) is 0 Å². The van der Waals surface area contributed by atoms with Crippen molar-refractivity contribution >= 4 is 17.7 Å². The Morgan fingerprint density at radius 2 is 1.96 bits per heavy atom. The first kappa shape index (κ1) is 18.8. The number of hydrogen-bond acceptors (Lipinski definition) is 7. The Balaban J connectivity index is 1.51. The van der Waals surface area contributed by atoms with Gasteiger partial charge in [0.2, 0.25) is 5.88 Å². The Kier molecular flexibility index (Phi) is 6.37. The van der Waals surface area contributed by atoms with Crippen LogP contribution in [0.5, 0.6) is 5.88 Å². The number of rotatable bonds is 8. The summed E-state index contributed by atoms with van der Waals surface area (Å²) in [6.07, 6.45) is 1.65. The van der Waals surface area contributed by atoms with Crippen LogP contribution in [0.4, 0.5) is 0 Å². The number of carbonyl (C=O) groups excluding carboxylic acids is 1. The van der Waals surface area contributed by atoms with Crippen LogP contribution in [0, 0.1) is 0 Å². The lowest BCUT2D eigenvalue weighted by molar-refractivity contribution is 0.0956. The summed E-state index contributed by atoms with van der Waals surface area (Å²) in [5.41, 5.74) is 2.21. The molecule has 0 saturated heterocycles. The van der Waals surface area contributed by atoms with Crippen LogP contribution in [0.25, 0.3) is 11.3 Å². The fourth-order valence-electron chi connectivity index (χ4n) is 2.30. The highest BCUT2D eigenvalue weighted by Crippen LogP contribution is 2.18. The van der Waals surface area contributed by atoms with Gasteiger partial charge in [-0.25, -0.2) is 0 Å². The van der Waals surface area contributed by atoms with Gasteiger partial charge in [0.15, 0.2) is 5.16 Å². The zero-order valence-corrected chi connectivity index (χ0v) is 15.9. The molecule has 1 N–H and O–H groups in total. The van der Waals surface area contributed by atoms with Gasteiger partial charge in [0.1, 0.15) is 6.33 Å². The molecule has 0 spiro atoms. The molecule has 140 valence electrons. The summed E-state index contributed by atoms with van der Waals surface area (Å²) in [5.74, 6) is 1.10. The first-order chi connectivity index (χ1) is 13.2. The van der Waals surface area contributed by atoms with Gasteiger partial charge in [-0.05, 0) is 25.1 Å². The van der Waals surface area contributed by atoms with Crippen molar-refractivity contribution in [2.45, 2.75) is 12.1 Å². The molecule has 0 radical (unpaired) electrons. The minimum absolute atomic E-state index is 0.113. The first-order valence-electron chi connectivity index (χ1n) is 8.49. The summed E-state index contributed by atoms with van der Waals surface area (Å²) >= 11 is 1.54. The molecular formula is C18H20N6O2S. The number of ether oxygens (including phenoxy) is 1. The van der Waals surface area contributed by atoms with Gasteiger partial charge in [-0.2, -0.15) is 0 Å². The summed E-state index contributed by atoms with van der Waals surface area (Å²) < 4.78 is 7.13. The van der Waals surface area contributed by atoms with E-state index >= 15 is 0 Å². The predicted molar refractivity (Wildman–Crippen MR) is 103 cm³/mol. The maximum Gasteiger partial charge on any atom is 0.251 e. The van der Waals surface area contributed by atoms with E-state index in [0.29, 0.717) is 24.6 Å². The molecule has 0 atom stereocenters. The Morgan fingerprint density at radius 1 is 1.15 bits per heavy atom. The molecule has 0 aliphatic rings. The predicted octanol–water partition coefficient (Wildman–Crippen LogP) is 2.19. The minimum atomic E-state index is -0.113. The van der Waals surface area contributed by atoms with E-state index in [0.717, 1.165) is 22.2 Å². The van der Waals surface area contributed by atoms with Crippen LogP contribution in [0.3, 0.4) is 0 Å². The third-order valence-electron chi connectivity index (χ3n) is 3.66. The Labute approximate surface area is 161 Å². The lowest BCUT2D eigenvalue weighted by Gasteiger charge is -2.06. The quantitative estimate of drug-likeness (QED) is 0.470. The van der Waals surface area contributed by atoms with Crippen molar-refractivity contribution in [3.05, 3.63) is 48.3 Å². The van der Waals surface area contributed by atoms with Crippen molar-refractivity contribution in [2.75, 3.05) is 18.9 Å². The van der Waals surface area contributed by atoms with Gasteiger partial charge >= 0.3 is 0 Å². The van der Waals surface area contributed by atoms with E-state index in [-0.39, 0.29) is 5.91 Å². The number of aryl methyl sites for hydroxylation is 1. The highest BCUT2D eigenvalue weighted by molar-refractivity contribution is 7.99. The maximum atomic E-state index is 12.2. The zero-order valence-electron chi connectivity index (χ0n) is 15.1. The lowest BCUT2D eigenvalue weighted by Crippen LogP contribution is -2.25. The van der Waals surface area contributed by atoms with Crippen LogP contribution in [-0.2, 0) is 7.05 Å². The maximum absolute atomic E-state index is 12.2. The topological polar surface area (TPSA) is 94.8 Å². The molecule has 0 fully saturated rings. The van der Waals surface area contributed by atoms with Gasteiger partial charge in [-0.15, -0.1) is 20.4 Å². The van der Waals surface area contributed by atoms with Crippen molar-refractivity contribution in [3.63, 3.8) is 0 Å². The van der Waals surface area contributed by atoms with E-state index in [2.05, 4.69) is 25.7 Å². The highest BCUT2D eigenvalue weighted by Gasteiger charge is 2.08. The molecule has 2 heterocycles. The summed E-state index contributed by atoms with van der Waals surface area (Å²) in [4.78, 5) is 12.2. The summed E-state index contributed by atoms with van der Waals surface area (Å²) in [5, 5.41) is 19.7. The average Bonchev–Trinajstić information content (AvgIpc) is 3.11.